The molecule has 2 aliphatic heterocycles. The van der Waals surface area contributed by atoms with Crippen molar-refractivity contribution < 1.29 is 9.59 Å². The Kier molecular flexibility index (Phi) is 1.76. The van der Waals surface area contributed by atoms with Crippen molar-refractivity contribution in [1.82, 2.24) is 4.90 Å². The second-order valence-corrected chi connectivity index (χ2v) is 3.25. The predicted molar refractivity (Wildman–Crippen MR) is 47.1 cm³/mol. The summed E-state index contributed by atoms with van der Waals surface area (Å²) in [6, 6.07) is 0. The van der Waals surface area contributed by atoms with E-state index < -0.39 is 0 Å². The van der Waals surface area contributed by atoms with Gasteiger partial charge in [-0.3, -0.25) is 9.59 Å². The van der Waals surface area contributed by atoms with Crippen LogP contribution in [0.4, 0.5) is 0 Å². The second kappa shape index (κ2) is 2.80. The first-order valence-corrected chi connectivity index (χ1v) is 4.26. The van der Waals surface area contributed by atoms with Gasteiger partial charge in [0.25, 0.3) is 5.91 Å². The zero-order valence-electron chi connectivity index (χ0n) is 7.36. The van der Waals surface area contributed by atoms with E-state index in [9.17, 15) is 9.59 Å². The van der Waals surface area contributed by atoms with E-state index in [2.05, 4.69) is 4.99 Å². The molecule has 2 heterocycles. The smallest absolute Gasteiger partial charge is 0.271 e. The molecule has 0 aromatic rings. The van der Waals surface area contributed by atoms with Crippen LogP contribution in [0.2, 0.25) is 0 Å². The number of aliphatic imine (C=N–C) groups is 1. The molecule has 0 aromatic carbocycles. The van der Waals surface area contributed by atoms with E-state index in [4.69, 9.17) is 0 Å². The molecule has 4 nitrogen and oxygen atoms in total. The molecule has 2 aliphatic rings. The number of hydrogen-bond acceptors (Lipinski definition) is 2. The highest BCUT2D eigenvalue weighted by Gasteiger charge is 2.31. The van der Waals surface area contributed by atoms with E-state index in [1.54, 1.807) is 11.1 Å². The lowest BCUT2D eigenvalue weighted by Crippen LogP contribution is -2.26. The van der Waals surface area contributed by atoms with E-state index in [0.717, 1.165) is 12.1 Å². The lowest BCUT2D eigenvalue weighted by molar-refractivity contribution is -0.126. The zero-order chi connectivity index (χ0) is 9.42. The van der Waals surface area contributed by atoms with Crippen LogP contribution in [0.3, 0.4) is 0 Å². The minimum atomic E-state index is -0.264. The minimum Gasteiger partial charge on any atom is -0.316 e. The molecular weight excluding hydrogens is 168 g/mol. The maximum absolute atomic E-state index is 11.1. The molecule has 2 rings (SSSR count). The summed E-state index contributed by atoms with van der Waals surface area (Å²) in [5.41, 5.74) is 0.813. The average molecular weight is 178 g/mol. The number of likely N-dealkylation sites (tertiary alicyclic amines) is 1. The number of nitrogens with zero attached hydrogens (tertiary/aromatic N) is 2. The fourth-order valence-electron chi connectivity index (χ4n) is 1.75. The number of carbonyl (C=O) groups excluding carboxylic acids is 2. The summed E-state index contributed by atoms with van der Waals surface area (Å²) in [4.78, 5) is 27.4. The number of fused-ring (bicyclic) bond motifs is 1. The highest BCUT2D eigenvalue weighted by atomic mass is 16.2. The van der Waals surface area contributed by atoms with Gasteiger partial charge in [0.05, 0.1) is 0 Å². The van der Waals surface area contributed by atoms with Crippen molar-refractivity contribution in [3.63, 3.8) is 0 Å². The third kappa shape index (κ3) is 1.28. The summed E-state index contributed by atoms with van der Waals surface area (Å²) in [6.07, 6.45) is 3.97. The number of carbonyl (C=O) groups is 2. The van der Waals surface area contributed by atoms with Crippen LogP contribution >= 0.6 is 0 Å². The summed E-state index contributed by atoms with van der Waals surface area (Å²) in [7, 11) is 0. The lowest BCUT2D eigenvalue weighted by Gasteiger charge is -2.18. The third-order valence-corrected chi connectivity index (χ3v) is 2.39. The number of dihydropyridines is 1. The van der Waals surface area contributed by atoms with Gasteiger partial charge in [-0.1, -0.05) is 0 Å². The molecule has 0 N–H and O–H groups in total. The number of hydrogen-bond donors (Lipinski definition) is 0. The van der Waals surface area contributed by atoms with Crippen molar-refractivity contribution in [2.75, 3.05) is 6.54 Å². The molecule has 0 radical (unpaired) electrons. The summed E-state index contributed by atoms with van der Waals surface area (Å²) in [5, 5.41) is 0. The standard InChI is InChI=1S/C9H10N2O2/c1-6(12)11-3-2-7-5-10-9(13)4-8(7)11/h4-5,7H,2-3H2,1H3. The predicted octanol–water partition coefficient (Wildman–Crippen LogP) is 0.350. The first kappa shape index (κ1) is 8.16. The maximum atomic E-state index is 11.1. The van der Waals surface area contributed by atoms with Gasteiger partial charge < -0.3 is 4.90 Å². The van der Waals surface area contributed by atoms with Crippen molar-refractivity contribution in [2.45, 2.75) is 13.3 Å². The minimum absolute atomic E-state index is 0.00292. The zero-order valence-corrected chi connectivity index (χ0v) is 7.36. The van der Waals surface area contributed by atoms with Crippen molar-refractivity contribution in [3.8, 4) is 0 Å². The van der Waals surface area contributed by atoms with Crippen LogP contribution in [0.1, 0.15) is 13.3 Å². The quantitative estimate of drug-likeness (QED) is 0.537. The van der Waals surface area contributed by atoms with Crippen LogP contribution in [0, 0.1) is 5.92 Å². The number of rotatable bonds is 0. The molecular formula is C9H10N2O2. The molecule has 0 spiro atoms. The van der Waals surface area contributed by atoms with Gasteiger partial charge in [-0.15, -0.1) is 0 Å². The second-order valence-electron chi connectivity index (χ2n) is 3.25. The largest absolute Gasteiger partial charge is 0.316 e. The van der Waals surface area contributed by atoms with Gasteiger partial charge in [-0.2, -0.15) is 0 Å². The van der Waals surface area contributed by atoms with Gasteiger partial charge in [-0.25, -0.2) is 4.99 Å². The topological polar surface area (TPSA) is 49.7 Å². The average Bonchev–Trinajstić information content (AvgIpc) is 2.46. The molecule has 1 fully saturated rings. The Morgan fingerprint density at radius 2 is 2.46 bits per heavy atom. The van der Waals surface area contributed by atoms with Crippen LogP contribution in [0.5, 0.6) is 0 Å². The van der Waals surface area contributed by atoms with E-state index in [0.29, 0.717) is 6.54 Å². The van der Waals surface area contributed by atoms with Gasteiger partial charge in [0.1, 0.15) is 0 Å². The SMILES string of the molecule is CC(=O)N1CCC2C=NC(=O)C=C21. The molecule has 1 atom stereocenters. The Bertz CT molecular complexity index is 331. The summed E-state index contributed by atoms with van der Waals surface area (Å²) in [5.74, 6) is -0.0992. The molecule has 1 unspecified atom stereocenters. The fourth-order valence-corrected chi connectivity index (χ4v) is 1.75. The Morgan fingerprint density at radius 3 is 3.15 bits per heavy atom. The van der Waals surface area contributed by atoms with Gasteiger partial charge >= 0.3 is 0 Å². The molecule has 2 amide bonds. The maximum Gasteiger partial charge on any atom is 0.271 e. The molecule has 68 valence electrons. The normalized spacial score (nSPS) is 25.9. The number of amides is 2. The van der Waals surface area contributed by atoms with Gasteiger partial charge in [0.15, 0.2) is 0 Å². The Balaban J connectivity index is 2.31. The highest BCUT2D eigenvalue weighted by Crippen LogP contribution is 2.28. The Morgan fingerprint density at radius 1 is 1.69 bits per heavy atom. The van der Waals surface area contributed by atoms with Crippen molar-refractivity contribution in [1.29, 1.82) is 0 Å². The van der Waals surface area contributed by atoms with E-state index >= 15 is 0 Å². The number of allylic oxidation sites excluding steroid dienone is 1. The fraction of sp³-hybridized carbons (Fsp3) is 0.444. The van der Waals surface area contributed by atoms with Gasteiger partial charge in [0.2, 0.25) is 5.91 Å². The molecule has 1 saturated heterocycles. The van der Waals surface area contributed by atoms with Crippen LogP contribution < -0.4 is 0 Å². The molecule has 0 bridgehead atoms. The molecule has 0 saturated carbocycles. The monoisotopic (exact) mass is 178 g/mol. The van der Waals surface area contributed by atoms with Crippen LogP contribution in [-0.4, -0.2) is 29.5 Å². The summed E-state index contributed by atoms with van der Waals surface area (Å²) < 4.78 is 0. The van der Waals surface area contributed by atoms with Crippen LogP contribution in [0.25, 0.3) is 0 Å². The van der Waals surface area contributed by atoms with E-state index in [1.807, 2.05) is 0 Å². The molecule has 4 heteroatoms. The van der Waals surface area contributed by atoms with Crippen LogP contribution in [-0.2, 0) is 9.59 Å². The van der Waals surface area contributed by atoms with E-state index in [-0.39, 0.29) is 17.7 Å². The van der Waals surface area contributed by atoms with Crippen LogP contribution in [0.15, 0.2) is 16.8 Å². The first-order chi connectivity index (χ1) is 6.18. The van der Waals surface area contributed by atoms with E-state index in [1.165, 1.54) is 13.0 Å². The highest BCUT2D eigenvalue weighted by molar-refractivity contribution is 5.99. The lowest BCUT2D eigenvalue weighted by atomic mass is 10.1. The Labute approximate surface area is 75.9 Å². The third-order valence-electron chi connectivity index (χ3n) is 2.39. The van der Waals surface area contributed by atoms with Crippen molar-refractivity contribution in [2.24, 2.45) is 10.9 Å². The molecule has 0 aromatic heterocycles. The van der Waals surface area contributed by atoms with Gasteiger partial charge in [-0.05, 0) is 6.42 Å². The molecule has 13 heavy (non-hydrogen) atoms. The van der Waals surface area contributed by atoms with Crippen molar-refractivity contribution >= 4 is 18.0 Å². The first-order valence-electron chi connectivity index (χ1n) is 4.26. The summed E-state index contributed by atoms with van der Waals surface area (Å²) >= 11 is 0. The van der Waals surface area contributed by atoms with Crippen molar-refractivity contribution in [3.05, 3.63) is 11.8 Å². The van der Waals surface area contributed by atoms with Gasteiger partial charge in [0, 0.05) is 37.4 Å². The molecule has 0 aliphatic carbocycles. The summed E-state index contributed by atoms with van der Waals surface area (Å²) in [6.45, 7) is 2.21. The Hall–Kier alpha value is -1.45.